The van der Waals surface area contributed by atoms with Gasteiger partial charge in [-0.25, -0.2) is 5.48 Å². The fourth-order valence-corrected chi connectivity index (χ4v) is 3.55. The average Bonchev–Trinajstić information content (AvgIpc) is 2.91. The third-order valence-electron chi connectivity index (χ3n) is 5.58. The van der Waals surface area contributed by atoms with Crippen molar-refractivity contribution in [1.82, 2.24) is 16.1 Å². The summed E-state index contributed by atoms with van der Waals surface area (Å²) < 4.78 is 5.71. The minimum atomic E-state index is -1.94. The third-order valence-corrected chi connectivity index (χ3v) is 5.58. The van der Waals surface area contributed by atoms with E-state index in [1.165, 1.54) is 12.5 Å². The number of ether oxygens (including phenoxy) is 1. The zero-order valence-corrected chi connectivity index (χ0v) is 20.7. The molecule has 0 fully saturated rings. The molecule has 0 heterocycles. The van der Waals surface area contributed by atoms with Crippen molar-refractivity contribution in [3.63, 3.8) is 0 Å². The van der Waals surface area contributed by atoms with Crippen LogP contribution in [-0.4, -0.2) is 59.9 Å². The third kappa shape index (κ3) is 9.20. The Morgan fingerprint density at radius 3 is 2.22 bits per heavy atom. The van der Waals surface area contributed by atoms with E-state index in [1.807, 2.05) is 30.3 Å². The Hall–Kier alpha value is -3.63. The van der Waals surface area contributed by atoms with Crippen LogP contribution in [0.5, 0.6) is 5.75 Å². The first-order valence-electron chi connectivity index (χ1n) is 12.1. The number of benzene rings is 2. The van der Waals surface area contributed by atoms with E-state index in [2.05, 4.69) is 22.9 Å². The maximum atomic E-state index is 13.1. The molecule has 0 bridgehead atoms. The van der Waals surface area contributed by atoms with Gasteiger partial charge in [0.05, 0.1) is 6.61 Å². The normalized spacial score (nSPS) is 13.1. The van der Waals surface area contributed by atoms with E-state index in [-0.39, 0.29) is 6.42 Å². The molecule has 2 rings (SSSR count). The van der Waals surface area contributed by atoms with Crippen LogP contribution in [0.25, 0.3) is 0 Å². The fourth-order valence-electron chi connectivity index (χ4n) is 3.55. The number of likely N-dealkylation sites (N-methyl/N-ethyl adjacent to an activating group) is 1. The van der Waals surface area contributed by atoms with Crippen LogP contribution in [0.4, 0.5) is 5.69 Å². The largest absolute Gasteiger partial charge is 0.494 e. The van der Waals surface area contributed by atoms with E-state index < -0.39 is 35.9 Å². The minimum absolute atomic E-state index is 0.200. The van der Waals surface area contributed by atoms with Crippen molar-refractivity contribution in [2.45, 2.75) is 57.2 Å². The molecule has 2 aromatic rings. The Morgan fingerprint density at radius 2 is 1.61 bits per heavy atom. The summed E-state index contributed by atoms with van der Waals surface area (Å²) in [6, 6.07) is 13.4. The number of carbonyl (C=O) groups excluding carboxylic acids is 3. The summed E-state index contributed by atoms with van der Waals surface area (Å²) in [7, 11) is 1.45. The van der Waals surface area contributed by atoms with Crippen LogP contribution >= 0.6 is 0 Å². The van der Waals surface area contributed by atoms with Crippen LogP contribution in [0.2, 0.25) is 0 Å². The number of hydrogen-bond acceptors (Lipinski definition) is 7. The second kappa shape index (κ2) is 15.4. The second-order valence-electron chi connectivity index (χ2n) is 8.34. The number of hydroxylamine groups is 1. The van der Waals surface area contributed by atoms with Gasteiger partial charge in [0.1, 0.15) is 17.8 Å². The van der Waals surface area contributed by atoms with Crippen LogP contribution in [0, 0.1) is 0 Å². The van der Waals surface area contributed by atoms with Crippen molar-refractivity contribution in [3.8, 4) is 5.75 Å². The van der Waals surface area contributed by atoms with E-state index in [4.69, 9.17) is 9.94 Å². The molecule has 2 aromatic carbocycles. The lowest BCUT2D eigenvalue weighted by Gasteiger charge is -2.26. The molecular weight excluding hydrogens is 464 g/mol. The van der Waals surface area contributed by atoms with E-state index in [0.29, 0.717) is 18.0 Å². The molecule has 0 aromatic heterocycles. The van der Waals surface area contributed by atoms with Crippen molar-refractivity contribution in [2.24, 2.45) is 0 Å². The van der Waals surface area contributed by atoms with E-state index in [9.17, 15) is 19.5 Å². The van der Waals surface area contributed by atoms with Crippen molar-refractivity contribution in [1.29, 1.82) is 0 Å². The van der Waals surface area contributed by atoms with Crippen molar-refractivity contribution in [3.05, 3.63) is 60.2 Å². The first kappa shape index (κ1) is 28.6. The second-order valence-corrected chi connectivity index (χ2v) is 8.34. The van der Waals surface area contributed by atoms with Gasteiger partial charge >= 0.3 is 0 Å². The number of carbonyl (C=O) groups is 3. The fraction of sp³-hybridized carbons (Fsp3) is 0.423. The molecule has 6 N–H and O–H groups in total. The molecule has 0 aliphatic heterocycles. The Kier molecular flexibility index (Phi) is 12.2. The van der Waals surface area contributed by atoms with E-state index in [1.54, 1.807) is 24.3 Å². The average molecular weight is 501 g/mol. The summed E-state index contributed by atoms with van der Waals surface area (Å²) in [5.41, 5.74) is 2.59. The molecule has 10 heteroatoms. The summed E-state index contributed by atoms with van der Waals surface area (Å²) in [6.07, 6.45) is 2.61. The van der Waals surface area contributed by atoms with Gasteiger partial charge < -0.3 is 25.8 Å². The van der Waals surface area contributed by atoms with Gasteiger partial charge in [-0.2, -0.15) is 0 Å². The SMILES string of the molecule is CCCCCCOc1ccc(NC(C(=O)NC(Cc2ccccc2)C(=O)NC)C(O)C(=O)NO)cc1. The first-order valence-corrected chi connectivity index (χ1v) is 12.1. The van der Waals surface area contributed by atoms with Gasteiger partial charge in [-0.05, 0) is 36.2 Å². The minimum Gasteiger partial charge on any atom is -0.494 e. The Labute approximate surface area is 211 Å². The molecule has 3 atom stereocenters. The number of hydrogen-bond donors (Lipinski definition) is 6. The predicted octanol–water partition coefficient (Wildman–Crippen LogP) is 1.77. The van der Waals surface area contributed by atoms with Crippen LogP contribution in [0.15, 0.2) is 54.6 Å². The van der Waals surface area contributed by atoms with Crippen LogP contribution < -0.4 is 26.2 Å². The molecule has 3 unspecified atom stereocenters. The highest BCUT2D eigenvalue weighted by molar-refractivity contribution is 5.96. The molecule has 0 radical (unpaired) electrons. The van der Waals surface area contributed by atoms with Gasteiger partial charge in [-0.15, -0.1) is 0 Å². The van der Waals surface area contributed by atoms with Crippen molar-refractivity contribution in [2.75, 3.05) is 19.0 Å². The summed E-state index contributed by atoms with van der Waals surface area (Å²) in [5, 5.41) is 27.3. The maximum Gasteiger partial charge on any atom is 0.274 e. The first-order chi connectivity index (χ1) is 17.4. The standard InChI is InChI=1S/C26H36N4O6/c1-3-4-5-9-16-36-20-14-12-19(13-15-20)28-22(23(31)26(34)30-35)25(33)29-21(24(32)27-2)17-18-10-7-6-8-11-18/h6-8,10-15,21-23,28,31,35H,3-5,9,16-17H2,1-2H3,(H,27,32)(H,29,33)(H,30,34). The van der Waals surface area contributed by atoms with Gasteiger partial charge in [0, 0.05) is 19.2 Å². The molecule has 10 nitrogen and oxygen atoms in total. The molecule has 36 heavy (non-hydrogen) atoms. The predicted molar refractivity (Wildman–Crippen MR) is 136 cm³/mol. The zero-order chi connectivity index (χ0) is 26.3. The lowest BCUT2D eigenvalue weighted by atomic mass is 10.0. The van der Waals surface area contributed by atoms with E-state index in [0.717, 1.165) is 31.2 Å². The van der Waals surface area contributed by atoms with Gasteiger partial charge in [-0.1, -0.05) is 56.5 Å². The number of amides is 3. The van der Waals surface area contributed by atoms with Crippen LogP contribution in [0.3, 0.4) is 0 Å². The topological polar surface area (TPSA) is 149 Å². The smallest absolute Gasteiger partial charge is 0.274 e. The molecule has 0 spiro atoms. The number of unbranched alkanes of at least 4 members (excludes halogenated alkanes) is 3. The Bertz CT molecular complexity index is 955. The molecule has 0 aliphatic carbocycles. The van der Waals surface area contributed by atoms with Crippen LogP contribution in [-0.2, 0) is 20.8 Å². The molecule has 196 valence electrons. The highest BCUT2D eigenvalue weighted by atomic mass is 16.5. The number of rotatable bonds is 15. The summed E-state index contributed by atoms with van der Waals surface area (Å²) in [6.45, 7) is 2.73. The van der Waals surface area contributed by atoms with Crippen molar-refractivity contribution >= 4 is 23.4 Å². The molecule has 0 saturated heterocycles. The molecule has 0 saturated carbocycles. The summed E-state index contributed by atoms with van der Waals surface area (Å²) in [5.74, 6) is -1.76. The quantitative estimate of drug-likeness (QED) is 0.124. The van der Waals surface area contributed by atoms with Gasteiger partial charge in [0.25, 0.3) is 5.91 Å². The molecule has 0 aliphatic rings. The maximum absolute atomic E-state index is 13.1. The lowest BCUT2D eigenvalue weighted by Crippen LogP contribution is -2.57. The van der Waals surface area contributed by atoms with E-state index >= 15 is 0 Å². The summed E-state index contributed by atoms with van der Waals surface area (Å²) >= 11 is 0. The molecular formula is C26H36N4O6. The monoisotopic (exact) mass is 500 g/mol. The Balaban J connectivity index is 2.12. The lowest BCUT2D eigenvalue weighted by molar-refractivity contribution is -0.142. The number of aliphatic hydroxyl groups is 1. The summed E-state index contributed by atoms with van der Waals surface area (Å²) in [4.78, 5) is 37.5. The van der Waals surface area contributed by atoms with Gasteiger partial charge in [0.2, 0.25) is 11.8 Å². The Morgan fingerprint density at radius 1 is 0.917 bits per heavy atom. The van der Waals surface area contributed by atoms with Crippen molar-refractivity contribution < 1.29 is 29.4 Å². The number of nitrogens with one attached hydrogen (secondary N) is 4. The highest BCUT2D eigenvalue weighted by Crippen LogP contribution is 2.18. The number of anilines is 1. The van der Waals surface area contributed by atoms with Gasteiger partial charge in [-0.3, -0.25) is 19.6 Å². The highest BCUT2D eigenvalue weighted by Gasteiger charge is 2.34. The number of aliphatic hydroxyl groups excluding tert-OH is 1. The zero-order valence-electron chi connectivity index (χ0n) is 20.7. The van der Waals surface area contributed by atoms with Crippen LogP contribution in [0.1, 0.15) is 38.2 Å². The molecule has 3 amide bonds. The van der Waals surface area contributed by atoms with Gasteiger partial charge in [0.15, 0.2) is 6.10 Å².